The second-order valence-corrected chi connectivity index (χ2v) is 14.8. The smallest absolute Gasteiger partial charge is 0.407 e. The molecule has 0 saturated carbocycles. The number of alkyl carbamates (subject to hydrolysis) is 2. The van der Waals surface area contributed by atoms with Gasteiger partial charge in [-0.3, -0.25) is 4.79 Å². The Hall–Kier alpha value is -4.65. The maximum absolute atomic E-state index is 13.8. The molecule has 52 heavy (non-hydrogen) atoms. The molecule has 0 aromatic heterocycles. The molecule has 284 valence electrons. The molecule has 3 aromatic carbocycles. The Labute approximate surface area is 307 Å². The summed E-state index contributed by atoms with van der Waals surface area (Å²) in [4.78, 5) is 39.2. The number of rotatable bonds is 18. The molecule has 0 spiro atoms. The summed E-state index contributed by atoms with van der Waals surface area (Å²) in [6.07, 6.45) is -2.90. The Kier molecular flexibility index (Phi) is 16.4. The van der Waals surface area contributed by atoms with Crippen molar-refractivity contribution in [1.29, 1.82) is 0 Å². The molecule has 0 heterocycles. The molecule has 0 radical (unpaired) electrons. The van der Waals surface area contributed by atoms with Gasteiger partial charge in [0.25, 0.3) is 0 Å². The Morgan fingerprint density at radius 1 is 0.635 bits per heavy atom. The third-order valence-corrected chi connectivity index (χ3v) is 7.98. The van der Waals surface area contributed by atoms with Gasteiger partial charge >= 0.3 is 12.2 Å². The van der Waals surface area contributed by atoms with Crippen molar-refractivity contribution in [2.75, 3.05) is 26.3 Å². The van der Waals surface area contributed by atoms with Crippen LogP contribution in [0.4, 0.5) is 9.59 Å². The monoisotopic (exact) mass is 720 g/mol. The van der Waals surface area contributed by atoms with Crippen molar-refractivity contribution >= 4 is 18.1 Å². The zero-order valence-corrected chi connectivity index (χ0v) is 31.1. The number of ether oxygens (including phenoxy) is 3. The second-order valence-electron chi connectivity index (χ2n) is 14.8. The van der Waals surface area contributed by atoms with Crippen molar-refractivity contribution in [2.45, 2.75) is 90.3 Å². The van der Waals surface area contributed by atoms with Crippen LogP contribution < -0.4 is 26.0 Å². The highest BCUT2D eigenvalue weighted by Crippen LogP contribution is 2.21. The average molecular weight is 721 g/mol. The normalized spacial score (nSPS) is 14.5. The fraction of sp³-hybridized carbons (Fsp3) is 0.475. The first-order chi connectivity index (χ1) is 24.6. The molecule has 5 atom stereocenters. The maximum atomic E-state index is 13.8. The van der Waals surface area contributed by atoms with Crippen LogP contribution in [0.25, 0.3) is 0 Å². The van der Waals surface area contributed by atoms with Crippen LogP contribution in [0, 0.1) is 5.41 Å². The zero-order valence-electron chi connectivity index (χ0n) is 31.1. The minimum Gasteiger partial charge on any atom is -0.490 e. The van der Waals surface area contributed by atoms with Crippen LogP contribution in [0.5, 0.6) is 5.75 Å². The van der Waals surface area contributed by atoms with Gasteiger partial charge in [0.2, 0.25) is 5.91 Å². The largest absolute Gasteiger partial charge is 0.490 e. The SMILES string of the molecule is CC(C)(C)OC(=O)N[C@H](Cc1ccccc1)[C@@H](O)CNC[C@H](O)C(Cc1ccccc1)NC(=O)[C@H](NC(=O)OCCOc1ccccc1)C(C)(C)C. The number of nitrogens with one attached hydrogen (secondary N) is 4. The zero-order chi connectivity index (χ0) is 38.1. The molecular formula is C40H56N4O8. The van der Waals surface area contributed by atoms with Crippen molar-refractivity contribution in [3.05, 3.63) is 102 Å². The van der Waals surface area contributed by atoms with Gasteiger partial charge in [0.05, 0.1) is 24.3 Å². The topological polar surface area (TPSA) is 167 Å². The summed E-state index contributed by atoms with van der Waals surface area (Å²) in [6.45, 7) is 10.9. The van der Waals surface area contributed by atoms with Crippen molar-refractivity contribution in [3.63, 3.8) is 0 Å². The number of benzene rings is 3. The number of carbonyl (C=O) groups excluding carboxylic acids is 3. The lowest BCUT2D eigenvalue weighted by atomic mass is 9.85. The number of hydrogen-bond acceptors (Lipinski definition) is 9. The van der Waals surface area contributed by atoms with Crippen LogP contribution in [-0.4, -0.2) is 90.5 Å². The predicted octanol–water partition coefficient (Wildman–Crippen LogP) is 4.38. The lowest BCUT2D eigenvalue weighted by molar-refractivity contribution is -0.127. The Morgan fingerprint density at radius 2 is 1.12 bits per heavy atom. The summed E-state index contributed by atoms with van der Waals surface area (Å²) < 4.78 is 16.3. The van der Waals surface area contributed by atoms with Crippen LogP contribution in [-0.2, 0) is 27.1 Å². The van der Waals surface area contributed by atoms with E-state index in [1.165, 1.54) is 0 Å². The number of aliphatic hydroxyl groups excluding tert-OH is 2. The van der Waals surface area contributed by atoms with Gasteiger partial charge in [-0.2, -0.15) is 0 Å². The van der Waals surface area contributed by atoms with Gasteiger partial charge in [-0.05, 0) is 62.3 Å². The van der Waals surface area contributed by atoms with Gasteiger partial charge in [0, 0.05) is 13.1 Å². The molecule has 12 heteroatoms. The molecule has 0 aliphatic heterocycles. The van der Waals surface area contributed by atoms with E-state index in [-0.39, 0.29) is 26.3 Å². The van der Waals surface area contributed by atoms with Crippen LogP contribution in [0.2, 0.25) is 0 Å². The van der Waals surface area contributed by atoms with E-state index in [9.17, 15) is 24.6 Å². The van der Waals surface area contributed by atoms with Gasteiger partial charge < -0.3 is 45.7 Å². The molecule has 0 aliphatic carbocycles. The minimum atomic E-state index is -1.09. The Balaban J connectivity index is 1.64. The molecule has 12 nitrogen and oxygen atoms in total. The third-order valence-electron chi connectivity index (χ3n) is 7.98. The maximum Gasteiger partial charge on any atom is 0.407 e. The van der Waals surface area contributed by atoms with E-state index >= 15 is 0 Å². The van der Waals surface area contributed by atoms with Crippen LogP contribution in [0.3, 0.4) is 0 Å². The lowest BCUT2D eigenvalue weighted by Gasteiger charge is -2.33. The number of para-hydroxylation sites is 1. The summed E-state index contributed by atoms with van der Waals surface area (Å²) in [5.74, 6) is 0.157. The van der Waals surface area contributed by atoms with Gasteiger partial charge in [-0.25, -0.2) is 9.59 Å². The van der Waals surface area contributed by atoms with E-state index in [1.807, 2.05) is 99.6 Å². The second kappa shape index (κ2) is 20.4. The number of carbonyl (C=O) groups is 3. The van der Waals surface area contributed by atoms with E-state index in [2.05, 4.69) is 21.3 Å². The summed E-state index contributed by atoms with van der Waals surface area (Å²) in [6, 6.07) is 25.6. The van der Waals surface area contributed by atoms with Crippen molar-refractivity contribution in [3.8, 4) is 5.75 Å². The Bertz CT molecular complexity index is 1500. The van der Waals surface area contributed by atoms with E-state index in [4.69, 9.17) is 14.2 Å². The highest BCUT2D eigenvalue weighted by molar-refractivity contribution is 5.86. The molecular weight excluding hydrogens is 664 g/mol. The van der Waals surface area contributed by atoms with Crippen LogP contribution >= 0.6 is 0 Å². The molecule has 3 amide bonds. The molecule has 0 fully saturated rings. The fourth-order valence-electron chi connectivity index (χ4n) is 5.34. The van der Waals surface area contributed by atoms with Crippen LogP contribution in [0.15, 0.2) is 91.0 Å². The Morgan fingerprint density at radius 3 is 1.60 bits per heavy atom. The third kappa shape index (κ3) is 15.7. The highest BCUT2D eigenvalue weighted by Gasteiger charge is 2.35. The van der Waals surface area contributed by atoms with Crippen molar-refractivity contribution in [2.24, 2.45) is 5.41 Å². The summed E-state index contributed by atoms with van der Waals surface area (Å²) in [5.41, 5.74) is 0.379. The number of aliphatic hydroxyl groups is 2. The number of hydrogen-bond donors (Lipinski definition) is 6. The molecule has 3 rings (SSSR count). The van der Waals surface area contributed by atoms with E-state index in [0.29, 0.717) is 18.6 Å². The molecule has 0 bridgehead atoms. The van der Waals surface area contributed by atoms with E-state index < -0.39 is 59.4 Å². The van der Waals surface area contributed by atoms with Gasteiger partial charge in [0.1, 0.15) is 30.6 Å². The first-order valence-corrected chi connectivity index (χ1v) is 17.7. The first-order valence-electron chi connectivity index (χ1n) is 17.7. The van der Waals surface area contributed by atoms with Crippen LogP contribution in [0.1, 0.15) is 52.7 Å². The summed E-state index contributed by atoms with van der Waals surface area (Å²) >= 11 is 0. The standard InChI is InChI=1S/C40H56N4O8/c1-39(2,3)35(44-37(48)51-23-22-50-30-20-14-9-15-21-30)36(47)42-31(24-28-16-10-7-11-17-28)33(45)26-41-27-34(46)32(25-29-18-12-8-13-19-29)43-38(49)52-40(4,5)6/h7-21,31-35,41,45-46H,22-27H2,1-6H3,(H,42,47)(H,43,49)(H,44,48)/t31?,32-,33+,34+,35+/m1/s1. The molecule has 1 unspecified atom stereocenters. The van der Waals surface area contributed by atoms with Gasteiger partial charge in [0.15, 0.2) is 0 Å². The van der Waals surface area contributed by atoms with Gasteiger partial charge in [-0.15, -0.1) is 0 Å². The van der Waals surface area contributed by atoms with E-state index in [1.54, 1.807) is 32.9 Å². The minimum absolute atomic E-state index is 0.0103. The lowest BCUT2D eigenvalue weighted by Crippen LogP contribution is -2.58. The molecule has 0 saturated heterocycles. The summed E-state index contributed by atoms with van der Waals surface area (Å²) in [7, 11) is 0. The molecule has 6 N–H and O–H groups in total. The number of amides is 3. The fourth-order valence-corrected chi connectivity index (χ4v) is 5.34. The van der Waals surface area contributed by atoms with Crippen molar-refractivity contribution < 1.29 is 38.8 Å². The first kappa shape index (κ1) is 41.8. The average Bonchev–Trinajstić information content (AvgIpc) is 3.08. The van der Waals surface area contributed by atoms with E-state index in [0.717, 1.165) is 11.1 Å². The predicted molar refractivity (Wildman–Crippen MR) is 200 cm³/mol. The quantitative estimate of drug-likeness (QED) is 0.105. The summed E-state index contributed by atoms with van der Waals surface area (Å²) in [5, 5.41) is 34.1. The van der Waals surface area contributed by atoms with Crippen molar-refractivity contribution in [1.82, 2.24) is 21.3 Å². The molecule has 0 aliphatic rings. The highest BCUT2D eigenvalue weighted by atomic mass is 16.6. The molecule has 3 aromatic rings. The van der Waals surface area contributed by atoms with Gasteiger partial charge in [-0.1, -0.05) is 99.6 Å².